The molecule has 0 spiro atoms. The third-order valence-electron chi connectivity index (χ3n) is 4.93. The highest BCUT2D eigenvalue weighted by Crippen LogP contribution is 2.29. The molecular weight excluding hydrogens is 220 g/mol. The van der Waals surface area contributed by atoms with Gasteiger partial charge in [0.25, 0.3) is 0 Å². The van der Waals surface area contributed by atoms with Crippen molar-refractivity contribution in [2.24, 2.45) is 11.8 Å². The molecule has 0 bridgehead atoms. The summed E-state index contributed by atoms with van der Waals surface area (Å²) >= 11 is 0. The topological polar surface area (TPSA) is 15.3 Å². The van der Waals surface area contributed by atoms with Crippen LogP contribution in [-0.2, 0) is 0 Å². The molecule has 2 atom stereocenters. The van der Waals surface area contributed by atoms with Crippen molar-refractivity contribution in [3.8, 4) is 0 Å². The highest BCUT2D eigenvalue weighted by molar-refractivity contribution is 4.90. The van der Waals surface area contributed by atoms with Gasteiger partial charge in [-0.15, -0.1) is 0 Å². The first-order valence-corrected chi connectivity index (χ1v) is 8.18. The van der Waals surface area contributed by atoms with Gasteiger partial charge in [-0.25, -0.2) is 0 Å². The van der Waals surface area contributed by atoms with Gasteiger partial charge < -0.3 is 5.32 Å². The highest BCUT2D eigenvalue weighted by atomic mass is 15.2. The summed E-state index contributed by atoms with van der Waals surface area (Å²) in [6.45, 7) is 10.8. The van der Waals surface area contributed by atoms with E-state index in [1.54, 1.807) is 0 Å². The number of piperazine rings is 1. The minimum atomic E-state index is 0.772. The molecule has 1 aliphatic carbocycles. The Bertz CT molecular complexity index is 233. The van der Waals surface area contributed by atoms with Gasteiger partial charge in [-0.05, 0) is 37.6 Å². The molecule has 2 aliphatic rings. The van der Waals surface area contributed by atoms with Crippen LogP contribution in [-0.4, -0.2) is 36.6 Å². The van der Waals surface area contributed by atoms with Crippen LogP contribution in [0.2, 0.25) is 0 Å². The van der Waals surface area contributed by atoms with Crippen LogP contribution < -0.4 is 5.32 Å². The monoisotopic (exact) mass is 252 g/mol. The van der Waals surface area contributed by atoms with E-state index in [1.165, 1.54) is 58.2 Å². The maximum absolute atomic E-state index is 3.87. The van der Waals surface area contributed by atoms with Gasteiger partial charge in [-0.2, -0.15) is 0 Å². The summed E-state index contributed by atoms with van der Waals surface area (Å²) in [5.74, 6) is 1.77. The third kappa shape index (κ3) is 3.71. The SMILES string of the molecule is CCN1CC(C2CCCCC2)NCC1CC(C)C. The molecule has 18 heavy (non-hydrogen) atoms. The summed E-state index contributed by atoms with van der Waals surface area (Å²) in [6, 6.07) is 1.54. The molecule has 0 aromatic rings. The standard InChI is InChI=1S/C16H32N2/c1-4-18-12-16(14-8-6-5-7-9-14)17-11-15(18)10-13(2)3/h13-17H,4-12H2,1-3H3. The number of nitrogens with zero attached hydrogens (tertiary/aromatic N) is 1. The van der Waals surface area contributed by atoms with E-state index in [9.17, 15) is 0 Å². The molecule has 2 fully saturated rings. The number of nitrogens with one attached hydrogen (secondary N) is 1. The Labute approximate surface area is 114 Å². The van der Waals surface area contributed by atoms with Crippen molar-refractivity contribution >= 4 is 0 Å². The fourth-order valence-electron chi connectivity index (χ4n) is 3.90. The summed E-state index contributed by atoms with van der Waals surface area (Å²) in [4.78, 5) is 2.73. The maximum atomic E-state index is 3.87. The second-order valence-electron chi connectivity index (χ2n) is 6.78. The molecule has 0 aromatic heterocycles. The van der Waals surface area contributed by atoms with Gasteiger partial charge in [0.1, 0.15) is 0 Å². The average Bonchev–Trinajstić information content (AvgIpc) is 2.39. The fourth-order valence-corrected chi connectivity index (χ4v) is 3.90. The highest BCUT2D eigenvalue weighted by Gasteiger charge is 2.32. The molecule has 0 aromatic carbocycles. The fraction of sp³-hybridized carbons (Fsp3) is 1.00. The quantitative estimate of drug-likeness (QED) is 0.826. The van der Waals surface area contributed by atoms with Crippen LogP contribution in [0, 0.1) is 11.8 Å². The molecule has 2 unspecified atom stereocenters. The lowest BCUT2D eigenvalue weighted by Crippen LogP contribution is -2.59. The summed E-state index contributed by atoms with van der Waals surface area (Å²) in [5.41, 5.74) is 0. The lowest BCUT2D eigenvalue weighted by Gasteiger charge is -2.44. The molecular formula is C16H32N2. The van der Waals surface area contributed by atoms with Gasteiger partial charge in [-0.1, -0.05) is 40.0 Å². The van der Waals surface area contributed by atoms with Gasteiger partial charge >= 0.3 is 0 Å². The van der Waals surface area contributed by atoms with Crippen molar-refractivity contribution < 1.29 is 0 Å². The molecule has 2 nitrogen and oxygen atoms in total. The number of likely N-dealkylation sites (N-methyl/N-ethyl adjacent to an activating group) is 1. The predicted octanol–water partition coefficient (Wildman–Crippen LogP) is 3.28. The van der Waals surface area contributed by atoms with E-state index in [2.05, 4.69) is 31.0 Å². The lowest BCUT2D eigenvalue weighted by molar-refractivity contribution is 0.0894. The molecule has 2 rings (SSSR count). The van der Waals surface area contributed by atoms with E-state index in [1.807, 2.05) is 0 Å². The zero-order valence-electron chi connectivity index (χ0n) is 12.6. The van der Waals surface area contributed by atoms with Gasteiger partial charge in [0.05, 0.1) is 0 Å². The number of hydrogen-bond donors (Lipinski definition) is 1. The van der Waals surface area contributed by atoms with Crippen LogP contribution in [0.5, 0.6) is 0 Å². The van der Waals surface area contributed by atoms with Gasteiger partial charge in [0, 0.05) is 25.2 Å². The molecule has 2 heteroatoms. The Kier molecular flexibility index (Phi) is 5.50. The van der Waals surface area contributed by atoms with E-state index in [4.69, 9.17) is 0 Å². The van der Waals surface area contributed by atoms with Crippen molar-refractivity contribution in [1.29, 1.82) is 0 Å². The summed E-state index contributed by atoms with van der Waals surface area (Å²) in [7, 11) is 0. The maximum Gasteiger partial charge on any atom is 0.0224 e. The van der Waals surface area contributed by atoms with Crippen LogP contribution in [0.3, 0.4) is 0 Å². The van der Waals surface area contributed by atoms with Crippen LogP contribution in [0.15, 0.2) is 0 Å². The Morgan fingerprint density at radius 3 is 2.50 bits per heavy atom. The van der Waals surface area contributed by atoms with Gasteiger partial charge in [-0.3, -0.25) is 4.90 Å². The predicted molar refractivity (Wildman–Crippen MR) is 78.9 cm³/mol. The average molecular weight is 252 g/mol. The summed E-state index contributed by atoms with van der Waals surface area (Å²) < 4.78 is 0. The first-order chi connectivity index (χ1) is 8.70. The van der Waals surface area contributed by atoms with Crippen molar-refractivity contribution in [3.63, 3.8) is 0 Å². The lowest BCUT2D eigenvalue weighted by atomic mass is 9.82. The third-order valence-corrected chi connectivity index (χ3v) is 4.93. The number of hydrogen-bond acceptors (Lipinski definition) is 2. The van der Waals surface area contributed by atoms with Crippen molar-refractivity contribution in [2.45, 2.75) is 71.4 Å². The molecule has 106 valence electrons. The largest absolute Gasteiger partial charge is 0.311 e. The van der Waals surface area contributed by atoms with Crippen molar-refractivity contribution in [3.05, 3.63) is 0 Å². The van der Waals surface area contributed by atoms with Crippen molar-refractivity contribution in [2.75, 3.05) is 19.6 Å². The zero-order valence-corrected chi connectivity index (χ0v) is 12.6. The molecule has 1 saturated heterocycles. The van der Waals surface area contributed by atoms with E-state index in [0.717, 1.165) is 23.9 Å². The normalized spacial score (nSPS) is 32.0. The Morgan fingerprint density at radius 2 is 1.89 bits per heavy atom. The summed E-state index contributed by atoms with van der Waals surface area (Å²) in [6.07, 6.45) is 8.66. The van der Waals surface area contributed by atoms with E-state index >= 15 is 0 Å². The molecule has 0 radical (unpaired) electrons. The minimum Gasteiger partial charge on any atom is -0.311 e. The van der Waals surface area contributed by atoms with E-state index in [-0.39, 0.29) is 0 Å². The zero-order chi connectivity index (χ0) is 13.0. The molecule has 1 heterocycles. The minimum absolute atomic E-state index is 0.772. The second kappa shape index (κ2) is 6.91. The molecule has 1 saturated carbocycles. The van der Waals surface area contributed by atoms with Crippen molar-refractivity contribution in [1.82, 2.24) is 10.2 Å². The van der Waals surface area contributed by atoms with Crippen LogP contribution in [0.4, 0.5) is 0 Å². The number of rotatable bonds is 4. The second-order valence-corrected chi connectivity index (χ2v) is 6.78. The molecule has 0 amide bonds. The van der Waals surface area contributed by atoms with E-state index in [0.29, 0.717) is 0 Å². The van der Waals surface area contributed by atoms with Crippen LogP contribution in [0.1, 0.15) is 59.3 Å². The first kappa shape index (κ1) is 14.3. The van der Waals surface area contributed by atoms with Gasteiger partial charge in [0.2, 0.25) is 0 Å². The molecule has 1 aliphatic heterocycles. The van der Waals surface area contributed by atoms with Crippen LogP contribution in [0.25, 0.3) is 0 Å². The molecule has 1 N–H and O–H groups in total. The van der Waals surface area contributed by atoms with E-state index < -0.39 is 0 Å². The Morgan fingerprint density at radius 1 is 1.17 bits per heavy atom. The Hall–Kier alpha value is -0.0800. The van der Waals surface area contributed by atoms with Gasteiger partial charge in [0.15, 0.2) is 0 Å². The van der Waals surface area contributed by atoms with Crippen LogP contribution >= 0.6 is 0 Å². The summed E-state index contributed by atoms with van der Waals surface area (Å²) in [5, 5.41) is 3.87. The smallest absolute Gasteiger partial charge is 0.0224 e. The Balaban J connectivity index is 1.86. The first-order valence-electron chi connectivity index (χ1n) is 8.18.